The van der Waals surface area contributed by atoms with Gasteiger partial charge in [-0.1, -0.05) is 36.9 Å². The molecular weight excluding hydrogens is 442 g/mol. The molecule has 7 heteroatoms. The number of amides is 1. The monoisotopic (exact) mass is 469 g/mol. The summed E-state index contributed by atoms with van der Waals surface area (Å²) in [5.74, 6) is -1.01. The molecule has 1 unspecified atom stereocenters. The van der Waals surface area contributed by atoms with E-state index >= 15 is 0 Å². The van der Waals surface area contributed by atoms with E-state index in [1.165, 1.54) is 6.07 Å². The van der Waals surface area contributed by atoms with Gasteiger partial charge in [0.25, 0.3) is 11.7 Å². The zero-order valence-electron chi connectivity index (χ0n) is 18.8. The van der Waals surface area contributed by atoms with E-state index in [9.17, 15) is 19.8 Å². The quantitative estimate of drug-likeness (QED) is 0.338. The highest BCUT2D eigenvalue weighted by molar-refractivity contribution is 6.46. The largest absolute Gasteiger partial charge is 0.507 e. The van der Waals surface area contributed by atoms with E-state index in [0.29, 0.717) is 16.9 Å². The first kappa shape index (κ1) is 23.2. The van der Waals surface area contributed by atoms with Gasteiger partial charge >= 0.3 is 0 Å². The third kappa shape index (κ3) is 4.58. The minimum absolute atomic E-state index is 0.00418. The fraction of sp³-hybridized carbons (Fsp3) is 0.385. The van der Waals surface area contributed by atoms with Gasteiger partial charge in [0.05, 0.1) is 22.7 Å². The summed E-state index contributed by atoms with van der Waals surface area (Å²) >= 11 is 6.17. The van der Waals surface area contributed by atoms with Crippen LogP contribution in [-0.4, -0.2) is 38.9 Å². The Balaban J connectivity index is 1.82. The van der Waals surface area contributed by atoms with Crippen LogP contribution in [0.5, 0.6) is 11.5 Å². The Bertz CT molecular complexity index is 1090. The lowest BCUT2D eigenvalue weighted by Crippen LogP contribution is -2.40. The average Bonchev–Trinajstić information content (AvgIpc) is 3.06. The van der Waals surface area contributed by atoms with Gasteiger partial charge in [0.1, 0.15) is 17.3 Å². The predicted molar refractivity (Wildman–Crippen MR) is 126 cm³/mol. The van der Waals surface area contributed by atoms with Gasteiger partial charge in [0.15, 0.2) is 0 Å². The molecule has 2 N–H and O–H groups in total. The molecule has 2 aliphatic rings. The van der Waals surface area contributed by atoms with E-state index in [0.717, 1.165) is 32.1 Å². The molecule has 1 aliphatic carbocycles. The van der Waals surface area contributed by atoms with Gasteiger partial charge < -0.3 is 19.8 Å². The predicted octanol–water partition coefficient (Wildman–Crippen LogP) is 5.59. The molecule has 2 fully saturated rings. The van der Waals surface area contributed by atoms with Crippen LogP contribution in [0.1, 0.15) is 63.1 Å². The molecule has 0 radical (unpaired) electrons. The standard InChI is InChI=1S/C26H28ClNO5/c1-15(2)33-19-11-8-16(9-12-19)24(30)22-23(17-10-13-21(29)20(27)14-17)28(26(32)25(22)31)18-6-4-3-5-7-18/h8-15,18,23,29-30H,3-7H2,1-2H3/b24-22-. The lowest BCUT2D eigenvalue weighted by atomic mass is 9.91. The van der Waals surface area contributed by atoms with Crippen LogP contribution in [-0.2, 0) is 9.59 Å². The van der Waals surface area contributed by atoms with Gasteiger partial charge in [-0.3, -0.25) is 9.59 Å². The lowest BCUT2D eigenvalue weighted by molar-refractivity contribution is -0.141. The van der Waals surface area contributed by atoms with Crippen molar-refractivity contribution in [1.29, 1.82) is 0 Å². The van der Waals surface area contributed by atoms with Crippen molar-refractivity contribution in [2.45, 2.75) is 64.1 Å². The van der Waals surface area contributed by atoms with E-state index < -0.39 is 17.7 Å². The SMILES string of the molecule is CC(C)Oc1ccc(/C(O)=C2/C(=O)C(=O)N(C3CCCCC3)C2c2ccc(O)c(Cl)c2)cc1. The van der Waals surface area contributed by atoms with Crippen molar-refractivity contribution in [2.75, 3.05) is 0 Å². The minimum Gasteiger partial charge on any atom is -0.507 e. The Hall–Kier alpha value is -2.99. The molecule has 1 saturated carbocycles. The zero-order chi connectivity index (χ0) is 23.7. The number of ether oxygens (including phenoxy) is 1. The summed E-state index contributed by atoms with van der Waals surface area (Å²) < 4.78 is 5.66. The number of hydrogen-bond acceptors (Lipinski definition) is 5. The smallest absolute Gasteiger partial charge is 0.295 e. The number of halogens is 1. The maximum atomic E-state index is 13.2. The number of phenolic OH excluding ortho intramolecular Hbond substituents is 1. The van der Waals surface area contributed by atoms with Crippen LogP contribution in [0.25, 0.3) is 5.76 Å². The molecule has 1 aliphatic heterocycles. The number of aliphatic hydroxyl groups excluding tert-OH is 1. The van der Waals surface area contributed by atoms with Crippen LogP contribution >= 0.6 is 11.6 Å². The highest BCUT2D eigenvalue weighted by atomic mass is 35.5. The van der Waals surface area contributed by atoms with Crippen molar-refractivity contribution in [3.8, 4) is 11.5 Å². The molecule has 2 aromatic carbocycles. The molecule has 1 atom stereocenters. The second kappa shape index (κ2) is 9.48. The Labute approximate surface area is 198 Å². The van der Waals surface area contributed by atoms with Crippen LogP contribution in [0.3, 0.4) is 0 Å². The second-order valence-corrected chi connectivity index (χ2v) is 9.31. The zero-order valence-corrected chi connectivity index (χ0v) is 19.5. The minimum atomic E-state index is -0.780. The van der Waals surface area contributed by atoms with Gasteiger partial charge in [-0.25, -0.2) is 0 Å². The number of ketones is 1. The summed E-state index contributed by atoms with van der Waals surface area (Å²) in [6.07, 6.45) is 4.67. The van der Waals surface area contributed by atoms with Gasteiger partial charge in [0, 0.05) is 11.6 Å². The van der Waals surface area contributed by atoms with Crippen LogP contribution in [0.4, 0.5) is 0 Å². The molecule has 174 valence electrons. The third-order valence-corrected chi connectivity index (χ3v) is 6.54. The van der Waals surface area contributed by atoms with Crippen molar-refractivity contribution in [1.82, 2.24) is 4.90 Å². The van der Waals surface area contributed by atoms with Crippen LogP contribution in [0.2, 0.25) is 5.02 Å². The van der Waals surface area contributed by atoms with Crippen molar-refractivity contribution < 1.29 is 24.5 Å². The lowest BCUT2D eigenvalue weighted by Gasteiger charge is -2.35. The van der Waals surface area contributed by atoms with Crippen molar-refractivity contribution in [2.24, 2.45) is 0 Å². The first-order valence-electron chi connectivity index (χ1n) is 11.3. The number of rotatable bonds is 5. The molecule has 1 saturated heterocycles. The van der Waals surface area contributed by atoms with E-state index in [1.54, 1.807) is 41.3 Å². The summed E-state index contributed by atoms with van der Waals surface area (Å²) in [5, 5.41) is 21.2. The number of hydrogen-bond donors (Lipinski definition) is 2. The average molecular weight is 470 g/mol. The number of aliphatic hydroxyl groups is 1. The van der Waals surface area contributed by atoms with Gasteiger partial charge in [-0.15, -0.1) is 0 Å². The molecule has 4 rings (SSSR count). The number of phenols is 1. The highest BCUT2D eigenvalue weighted by Gasteiger charge is 2.49. The highest BCUT2D eigenvalue weighted by Crippen LogP contribution is 2.44. The van der Waals surface area contributed by atoms with E-state index in [2.05, 4.69) is 0 Å². The molecule has 0 bridgehead atoms. The summed E-state index contributed by atoms with van der Waals surface area (Å²) in [6.45, 7) is 3.84. The van der Waals surface area contributed by atoms with Crippen molar-refractivity contribution in [3.63, 3.8) is 0 Å². The topological polar surface area (TPSA) is 87.1 Å². The van der Waals surface area contributed by atoms with Crippen LogP contribution in [0, 0.1) is 0 Å². The number of likely N-dealkylation sites (tertiary alicyclic amines) is 1. The number of benzene rings is 2. The number of nitrogens with zero attached hydrogens (tertiary/aromatic N) is 1. The number of aromatic hydroxyl groups is 1. The molecular formula is C26H28ClNO5. The van der Waals surface area contributed by atoms with Crippen LogP contribution in [0.15, 0.2) is 48.0 Å². The van der Waals surface area contributed by atoms with Crippen molar-refractivity contribution >= 4 is 29.1 Å². The molecule has 6 nitrogen and oxygen atoms in total. The molecule has 1 amide bonds. The first-order valence-corrected chi connectivity index (χ1v) is 11.7. The first-order chi connectivity index (χ1) is 15.8. The summed E-state index contributed by atoms with van der Waals surface area (Å²) in [6, 6.07) is 10.5. The molecule has 0 spiro atoms. The van der Waals surface area contributed by atoms with Gasteiger partial charge in [-0.2, -0.15) is 0 Å². The fourth-order valence-electron chi connectivity index (χ4n) is 4.73. The van der Waals surface area contributed by atoms with E-state index in [-0.39, 0.29) is 34.3 Å². The summed E-state index contributed by atoms with van der Waals surface area (Å²) in [7, 11) is 0. The Kier molecular flexibility index (Phi) is 6.66. The third-order valence-electron chi connectivity index (χ3n) is 6.24. The van der Waals surface area contributed by atoms with Gasteiger partial charge in [-0.05, 0) is 68.7 Å². The Morgan fingerprint density at radius 3 is 2.33 bits per heavy atom. The molecule has 2 aromatic rings. The Morgan fingerprint density at radius 2 is 1.73 bits per heavy atom. The summed E-state index contributed by atoms with van der Waals surface area (Å²) in [4.78, 5) is 28.0. The van der Waals surface area contributed by atoms with E-state index in [1.807, 2.05) is 13.8 Å². The maximum absolute atomic E-state index is 13.2. The number of carbonyl (C=O) groups excluding carboxylic acids is 2. The molecule has 1 heterocycles. The maximum Gasteiger partial charge on any atom is 0.295 e. The summed E-state index contributed by atoms with van der Waals surface area (Å²) in [5.41, 5.74) is 1.02. The number of carbonyl (C=O) groups is 2. The second-order valence-electron chi connectivity index (χ2n) is 8.90. The van der Waals surface area contributed by atoms with Crippen LogP contribution < -0.4 is 4.74 Å². The molecule has 0 aromatic heterocycles. The Morgan fingerprint density at radius 1 is 1.06 bits per heavy atom. The molecule has 33 heavy (non-hydrogen) atoms. The van der Waals surface area contributed by atoms with Gasteiger partial charge in [0.2, 0.25) is 0 Å². The normalized spacial score (nSPS) is 21.1. The van der Waals surface area contributed by atoms with Crippen molar-refractivity contribution in [3.05, 3.63) is 64.2 Å². The number of Topliss-reactive ketones (excluding diaryl/α,β-unsaturated/α-hetero) is 1. The fourth-order valence-corrected chi connectivity index (χ4v) is 4.91. The van der Waals surface area contributed by atoms with E-state index in [4.69, 9.17) is 16.3 Å².